The molecule has 0 saturated heterocycles. The van der Waals surface area contributed by atoms with E-state index in [1.165, 1.54) is 6.92 Å². The molecule has 0 aliphatic rings. The summed E-state index contributed by atoms with van der Waals surface area (Å²) in [6.07, 6.45) is -5.28. The van der Waals surface area contributed by atoms with Crippen molar-refractivity contribution in [2.24, 2.45) is 5.92 Å². The van der Waals surface area contributed by atoms with Crippen LogP contribution in [0.3, 0.4) is 0 Å². The van der Waals surface area contributed by atoms with Crippen LogP contribution in [0.15, 0.2) is 0 Å². The van der Waals surface area contributed by atoms with Gasteiger partial charge in [-0.3, -0.25) is 0 Å². The molecule has 0 bridgehead atoms. The van der Waals surface area contributed by atoms with Crippen molar-refractivity contribution in [3.05, 3.63) is 0 Å². The van der Waals surface area contributed by atoms with Crippen LogP contribution in [0.5, 0.6) is 0 Å². The molecule has 0 aromatic rings. The SMILES string of the molecule is CC(COCCC(F)(F)F)CS(=O)(=O)Cl. The highest BCUT2D eigenvalue weighted by Crippen LogP contribution is 2.19. The van der Waals surface area contributed by atoms with Gasteiger partial charge in [-0.15, -0.1) is 0 Å². The third-order valence-corrected chi connectivity index (χ3v) is 2.76. The summed E-state index contributed by atoms with van der Waals surface area (Å²) in [5.41, 5.74) is 0. The van der Waals surface area contributed by atoms with E-state index < -0.39 is 34.2 Å². The van der Waals surface area contributed by atoms with Gasteiger partial charge >= 0.3 is 6.18 Å². The summed E-state index contributed by atoms with van der Waals surface area (Å²) >= 11 is 0. The quantitative estimate of drug-likeness (QED) is 0.548. The minimum absolute atomic E-state index is 0.0535. The first-order valence-electron chi connectivity index (χ1n) is 4.17. The van der Waals surface area contributed by atoms with E-state index in [0.717, 1.165) is 0 Å². The second-order valence-electron chi connectivity index (χ2n) is 3.25. The number of rotatable bonds is 6. The highest BCUT2D eigenvalue weighted by molar-refractivity contribution is 8.13. The van der Waals surface area contributed by atoms with Crippen molar-refractivity contribution in [3.8, 4) is 0 Å². The van der Waals surface area contributed by atoms with Crippen LogP contribution >= 0.6 is 10.7 Å². The summed E-state index contributed by atoms with van der Waals surface area (Å²) in [7, 11) is 1.33. The molecule has 8 heteroatoms. The lowest BCUT2D eigenvalue weighted by molar-refractivity contribution is -0.145. The molecule has 92 valence electrons. The van der Waals surface area contributed by atoms with E-state index in [1.54, 1.807) is 0 Å². The van der Waals surface area contributed by atoms with Gasteiger partial charge in [0.1, 0.15) is 0 Å². The smallest absolute Gasteiger partial charge is 0.381 e. The first-order valence-corrected chi connectivity index (χ1v) is 6.65. The van der Waals surface area contributed by atoms with E-state index in [9.17, 15) is 21.6 Å². The van der Waals surface area contributed by atoms with Gasteiger partial charge in [-0.05, 0) is 5.92 Å². The Kier molecular flexibility index (Phi) is 5.90. The van der Waals surface area contributed by atoms with E-state index in [-0.39, 0.29) is 12.4 Å². The van der Waals surface area contributed by atoms with Crippen LogP contribution in [0.25, 0.3) is 0 Å². The summed E-state index contributed by atoms with van der Waals surface area (Å²) in [5, 5.41) is 0. The molecule has 0 aliphatic heterocycles. The fourth-order valence-corrected chi connectivity index (χ4v) is 2.28. The number of ether oxygens (including phenoxy) is 1. The standard InChI is InChI=1S/C7H12ClF3O3S/c1-6(5-15(8,12)13)4-14-3-2-7(9,10)11/h6H,2-5H2,1H3. The summed E-state index contributed by atoms with van der Waals surface area (Å²) in [5.74, 6) is -0.721. The Bertz CT molecular complexity index is 276. The van der Waals surface area contributed by atoms with Crippen molar-refractivity contribution >= 4 is 19.7 Å². The molecule has 0 aromatic carbocycles. The number of hydrogen-bond donors (Lipinski definition) is 0. The topological polar surface area (TPSA) is 43.4 Å². The lowest BCUT2D eigenvalue weighted by Gasteiger charge is -2.11. The number of halogens is 4. The summed E-state index contributed by atoms with van der Waals surface area (Å²) in [6.45, 7) is 1.02. The average Bonchev–Trinajstić information content (AvgIpc) is 1.92. The lowest BCUT2D eigenvalue weighted by Crippen LogP contribution is -2.17. The second-order valence-corrected chi connectivity index (χ2v) is 6.07. The van der Waals surface area contributed by atoms with Crippen molar-refractivity contribution in [1.82, 2.24) is 0 Å². The molecule has 0 N–H and O–H groups in total. The first-order chi connectivity index (χ1) is 6.60. The van der Waals surface area contributed by atoms with Crippen molar-refractivity contribution < 1.29 is 26.3 Å². The Morgan fingerprint density at radius 2 is 1.93 bits per heavy atom. The molecule has 1 unspecified atom stereocenters. The van der Waals surface area contributed by atoms with E-state index >= 15 is 0 Å². The molecule has 0 amide bonds. The highest BCUT2D eigenvalue weighted by Gasteiger charge is 2.26. The predicted octanol–water partition coefficient (Wildman–Crippen LogP) is 2.16. The predicted molar refractivity (Wildman–Crippen MR) is 50.3 cm³/mol. The zero-order valence-electron chi connectivity index (χ0n) is 8.05. The van der Waals surface area contributed by atoms with Crippen LogP contribution in [0, 0.1) is 5.92 Å². The molecule has 0 fully saturated rings. The Hall–Kier alpha value is -0.0100. The maximum Gasteiger partial charge on any atom is 0.391 e. The second kappa shape index (κ2) is 5.91. The van der Waals surface area contributed by atoms with Crippen LogP contribution < -0.4 is 0 Å². The van der Waals surface area contributed by atoms with Gasteiger partial charge < -0.3 is 4.74 Å². The van der Waals surface area contributed by atoms with Gasteiger partial charge in [-0.2, -0.15) is 13.2 Å². The minimum atomic E-state index is -4.25. The molecule has 0 spiro atoms. The molecule has 0 radical (unpaired) electrons. The van der Waals surface area contributed by atoms with Crippen LogP contribution in [0.1, 0.15) is 13.3 Å². The van der Waals surface area contributed by atoms with Gasteiger partial charge in [0.05, 0.1) is 25.4 Å². The largest absolute Gasteiger partial charge is 0.391 e. The van der Waals surface area contributed by atoms with E-state index in [1.807, 2.05) is 0 Å². The van der Waals surface area contributed by atoms with Gasteiger partial charge in [-0.1, -0.05) is 6.92 Å². The first kappa shape index (κ1) is 15.0. The van der Waals surface area contributed by atoms with Crippen LogP contribution in [0.4, 0.5) is 13.2 Å². The summed E-state index contributed by atoms with van der Waals surface area (Å²) < 4.78 is 60.8. The maximum atomic E-state index is 11.7. The third-order valence-electron chi connectivity index (χ3n) is 1.42. The van der Waals surface area contributed by atoms with Crippen molar-refractivity contribution in [2.45, 2.75) is 19.5 Å². The Morgan fingerprint density at radius 1 is 1.40 bits per heavy atom. The molecular formula is C7H12ClF3O3S. The van der Waals surface area contributed by atoms with Crippen LogP contribution in [0.2, 0.25) is 0 Å². The van der Waals surface area contributed by atoms with E-state index in [4.69, 9.17) is 10.7 Å². The van der Waals surface area contributed by atoms with Gasteiger partial charge in [-0.25, -0.2) is 8.42 Å². The van der Waals surface area contributed by atoms with E-state index in [0.29, 0.717) is 0 Å². The molecule has 0 aliphatic carbocycles. The van der Waals surface area contributed by atoms with Gasteiger partial charge in [0.25, 0.3) is 0 Å². The van der Waals surface area contributed by atoms with E-state index in [2.05, 4.69) is 4.74 Å². The lowest BCUT2D eigenvalue weighted by atomic mass is 10.2. The Labute approximate surface area is 91.0 Å². The Balaban J connectivity index is 3.61. The average molecular weight is 269 g/mol. The number of hydrogen-bond acceptors (Lipinski definition) is 3. The van der Waals surface area contributed by atoms with Crippen molar-refractivity contribution in [3.63, 3.8) is 0 Å². The van der Waals surface area contributed by atoms with Crippen molar-refractivity contribution in [1.29, 1.82) is 0 Å². The highest BCUT2D eigenvalue weighted by atomic mass is 35.7. The molecule has 1 atom stereocenters. The van der Waals surface area contributed by atoms with Gasteiger partial charge in [0, 0.05) is 10.7 Å². The summed E-state index contributed by atoms with van der Waals surface area (Å²) in [4.78, 5) is 0. The molecule has 3 nitrogen and oxygen atoms in total. The minimum Gasteiger partial charge on any atom is -0.381 e. The molecule has 15 heavy (non-hydrogen) atoms. The van der Waals surface area contributed by atoms with Crippen LogP contribution in [-0.4, -0.2) is 33.6 Å². The fraction of sp³-hybridized carbons (Fsp3) is 1.00. The van der Waals surface area contributed by atoms with Gasteiger partial charge in [0.15, 0.2) is 0 Å². The van der Waals surface area contributed by atoms with Crippen LogP contribution in [-0.2, 0) is 13.8 Å². The molecule has 0 saturated carbocycles. The third kappa shape index (κ3) is 11.9. The Morgan fingerprint density at radius 3 is 2.33 bits per heavy atom. The monoisotopic (exact) mass is 268 g/mol. The van der Waals surface area contributed by atoms with Crippen molar-refractivity contribution in [2.75, 3.05) is 19.0 Å². The maximum absolute atomic E-state index is 11.7. The molecule has 0 heterocycles. The van der Waals surface area contributed by atoms with Gasteiger partial charge in [0.2, 0.25) is 9.05 Å². The molecular weight excluding hydrogens is 257 g/mol. The zero-order valence-corrected chi connectivity index (χ0v) is 9.62. The number of alkyl halides is 3. The molecule has 0 rings (SSSR count). The fourth-order valence-electron chi connectivity index (χ4n) is 0.860. The summed E-state index contributed by atoms with van der Waals surface area (Å²) in [6, 6.07) is 0. The molecule has 0 aromatic heterocycles. The normalized spacial score (nSPS) is 15.3. The zero-order chi connectivity index (χ0) is 12.1.